The highest BCUT2D eigenvalue weighted by Crippen LogP contribution is 2.56. The van der Waals surface area contributed by atoms with Gasteiger partial charge in [0.05, 0.1) is 5.92 Å². The predicted molar refractivity (Wildman–Crippen MR) is 124 cm³/mol. The lowest BCUT2D eigenvalue weighted by Gasteiger charge is -2.35. The molecule has 2 aliphatic rings. The number of hydrogen-bond donors (Lipinski definition) is 0. The lowest BCUT2D eigenvalue weighted by molar-refractivity contribution is -0.135. The molecule has 1 saturated heterocycles. The normalized spacial score (nSPS) is 25.7. The summed E-state index contributed by atoms with van der Waals surface area (Å²) in [5, 5.41) is 0. The van der Waals surface area contributed by atoms with Crippen molar-refractivity contribution in [1.29, 1.82) is 0 Å². The molecule has 2 aromatic carbocycles. The van der Waals surface area contributed by atoms with Crippen LogP contribution in [0.4, 0.5) is 5.69 Å². The van der Waals surface area contributed by atoms with E-state index < -0.39 is 11.5 Å². The minimum absolute atomic E-state index is 0.0134. The molecule has 4 nitrogen and oxygen atoms in total. The number of rotatable bonds is 3. The number of benzene rings is 2. The van der Waals surface area contributed by atoms with E-state index in [1.165, 1.54) is 5.56 Å². The zero-order valence-electron chi connectivity index (χ0n) is 18.1. The number of nitrogens with zero attached hydrogens (tertiary/aromatic N) is 2. The molecule has 0 aliphatic carbocycles. The van der Waals surface area contributed by atoms with Crippen molar-refractivity contribution in [2.24, 2.45) is 5.92 Å². The Hall–Kier alpha value is -2.24. The monoisotopic (exact) mass is 466 g/mol. The minimum Gasteiger partial charge on any atom is -0.313 e. The van der Waals surface area contributed by atoms with E-state index >= 15 is 0 Å². The highest BCUT2D eigenvalue weighted by atomic mass is 79.9. The smallest absolute Gasteiger partial charge is 0.252 e. The first-order chi connectivity index (χ1) is 14.2. The number of amides is 1. The first-order valence-corrected chi connectivity index (χ1v) is 11.0. The number of anilines is 1. The Bertz CT molecular complexity index is 1060. The maximum Gasteiger partial charge on any atom is 0.252 e. The summed E-state index contributed by atoms with van der Waals surface area (Å²) in [6.45, 7) is 6.55. The van der Waals surface area contributed by atoms with E-state index in [9.17, 15) is 9.59 Å². The third-order valence-electron chi connectivity index (χ3n) is 6.53. The zero-order chi connectivity index (χ0) is 21.8. The number of ketones is 1. The second-order valence-corrected chi connectivity index (χ2v) is 9.71. The summed E-state index contributed by atoms with van der Waals surface area (Å²) in [7, 11) is 3.78. The first-order valence-electron chi connectivity index (χ1n) is 10.2. The molecule has 0 N–H and O–H groups in total. The maximum absolute atomic E-state index is 13.8. The van der Waals surface area contributed by atoms with Crippen molar-refractivity contribution in [3.05, 3.63) is 75.3 Å². The van der Waals surface area contributed by atoms with Crippen molar-refractivity contribution in [2.75, 3.05) is 25.5 Å². The van der Waals surface area contributed by atoms with Crippen molar-refractivity contribution < 1.29 is 9.59 Å². The zero-order valence-corrected chi connectivity index (χ0v) is 19.7. The number of aryl methyl sites for hydroxylation is 1. The standard InChI is InChI=1S/C25H27BrN2O2/c1-15(2)12-22(29)23-19(17-8-6-16(3)7-9-17)14-27(4)25(23)20-13-18(26)10-11-21(20)28(5)24(25)30/h6-13,19,23H,14H2,1-5H3/t19-,23+,25-/m1/s1. The molecule has 2 aliphatic heterocycles. The van der Waals surface area contributed by atoms with Crippen LogP contribution in [0.3, 0.4) is 0 Å². The summed E-state index contributed by atoms with van der Waals surface area (Å²) in [4.78, 5) is 31.3. The maximum atomic E-state index is 13.8. The third-order valence-corrected chi connectivity index (χ3v) is 7.02. The summed E-state index contributed by atoms with van der Waals surface area (Å²) in [6, 6.07) is 14.3. The summed E-state index contributed by atoms with van der Waals surface area (Å²) in [5.74, 6) is -0.584. The van der Waals surface area contributed by atoms with Gasteiger partial charge < -0.3 is 4.90 Å². The second kappa shape index (κ2) is 7.47. The van der Waals surface area contributed by atoms with Crippen molar-refractivity contribution in [2.45, 2.75) is 32.2 Å². The van der Waals surface area contributed by atoms with Gasteiger partial charge in [0.15, 0.2) is 5.78 Å². The number of carbonyl (C=O) groups is 2. The molecule has 30 heavy (non-hydrogen) atoms. The fourth-order valence-electron chi connectivity index (χ4n) is 5.22. The molecular formula is C25H27BrN2O2. The first kappa shape index (κ1) is 21.0. The van der Waals surface area contributed by atoms with E-state index in [0.29, 0.717) is 6.54 Å². The van der Waals surface area contributed by atoms with Gasteiger partial charge in [-0.05, 0) is 57.7 Å². The quantitative estimate of drug-likeness (QED) is 0.609. The Kier molecular flexibility index (Phi) is 5.23. The molecule has 0 radical (unpaired) electrons. The number of halogens is 1. The average molecular weight is 467 g/mol. The summed E-state index contributed by atoms with van der Waals surface area (Å²) in [5.41, 5.74) is 3.99. The largest absolute Gasteiger partial charge is 0.313 e. The summed E-state index contributed by atoms with van der Waals surface area (Å²) >= 11 is 3.58. The van der Waals surface area contributed by atoms with E-state index in [1.54, 1.807) is 18.0 Å². The van der Waals surface area contributed by atoms with Crippen LogP contribution in [0.5, 0.6) is 0 Å². The van der Waals surface area contributed by atoms with E-state index in [2.05, 4.69) is 52.0 Å². The number of likely N-dealkylation sites (tertiary alicyclic amines) is 1. The Balaban J connectivity index is 1.97. The third kappa shape index (κ3) is 2.98. The fourth-order valence-corrected chi connectivity index (χ4v) is 5.58. The molecule has 4 rings (SSSR count). The number of fused-ring (bicyclic) bond motifs is 2. The molecule has 0 bridgehead atoms. The van der Waals surface area contributed by atoms with Crippen molar-refractivity contribution in [1.82, 2.24) is 4.90 Å². The van der Waals surface area contributed by atoms with Crippen LogP contribution in [0, 0.1) is 12.8 Å². The number of likely N-dealkylation sites (N-methyl/N-ethyl adjacent to an activating group) is 2. The van der Waals surface area contributed by atoms with Crippen LogP contribution in [-0.4, -0.2) is 37.2 Å². The van der Waals surface area contributed by atoms with Crippen LogP contribution < -0.4 is 4.90 Å². The van der Waals surface area contributed by atoms with Crippen LogP contribution in [0.15, 0.2) is 58.6 Å². The van der Waals surface area contributed by atoms with Crippen LogP contribution in [0.2, 0.25) is 0 Å². The summed E-state index contributed by atoms with van der Waals surface area (Å²) in [6.07, 6.45) is 1.70. The highest BCUT2D eigenvalue weighted by Gasteiger charge is 2.65. The molecular weight excluding hydrogens is 440 g/mol. The van der Waals surface area contributed by atoms with E-state index in [0.717, 1.165) is 26.9 Å². The second-order valence-electron chi connectivity index (χ2n) is 8.79. The Morgan fingerprint density at radius 3 is 2.43 bits per heavy atom. The number of hydrogen-bond acceptors (Lipinski definition) is 3. The van der Waals surface area contributed by atoms with E-state index in [-0.39, 0.29) is 17.6 Å². The molecule has 2 aromatic rings. The Morgan fingerprint density at radius 1 is 1.13 bits per heavy atom. The molecule has 0 aromatic heterocycles. The molecule has 5 heteroatoms. The van der Waals surface area contributed by atoms with Crippen molar-refractivity contribution in [3.63, 3.8) is 0 Å². The molecule has 156 valence electrons. The van der Waals surface area contributed by atoms with Gasteiger partial charge in [-0.1, -0.05) is 51.3 Å². The highest BCUT2D eigenvalue weighted by molar-refractivity contribution is 9.10. The van der Waals surface area contributed by atoms with Gasteiger partial charge in [0, 0.05) is 35.2 Å². The van der Waals surface area contributed by atoms with Crippen LogP contribution in [0.25, 0.3) is 0 Å². The van der Waals surface area contributed by atoms with Crippen LogP contribution in [-0.2, 0) is 15.1 Å². The fraction of sp³-hybridized carbons (Fsp3) is 0.360. The average Bonchev–Trinajstić information content (AvgIpc) is 3.10. The van der Waals surface area contributed by atoms with Gasteiger partial charge in [0.1, 0.15) is 5.54 Å². The van der Waals surface area contributed by atoms with Gasteiger partial charge >= 0.3 is 0 Å². The predicted octanol–water partition coefficient (Wildman–Crippen LogP) is 4.81. The minimum atomic E-state index is -1.01. The molecule has 3 atom stereocenters. The molecule has 0 saturated carbocycles. The van der Waals surface area contributed by atoms with Gasteiger partial charge in [0.2, 0.25) is 0 Å². The van der Waals surface area contributed by atoms with E-state index in [4.69, 9.17) is 0 Å². The number of allylic oxidation sites excluding steroid dienone is 2. The topological polar surface area (TPSA) is 40.6 Å². The summed E-state index contributed by atoms with van der Waals surface area (Å²) < 4.78 is 0.907. The Morgan fingerprint density at radius 2 is 1.80 bits per heavy atom. The lowest BCUT2D eigenvalue weighted by Crippen LogP contribution is -2.52. The molecule has 0 unspecified atom stereocenters. The van der Waals surface area contributed by atoms with Crippen molar-refractivity contribution in [3.8, 4) is 0 Å². The van der Waals surface area contributed by atoms with E-state index in [1.807, 2.05) is 39.1 Å². The molecule has 2 heterocycles. The van der Waals surface area contributed by atoms with Gasteiger partial charge in [-0.3, -0.25) is 14.5 Å². The van der Waals surface area contributed by atoms with Gasteiger partial charge in [-0.2, -0.15) is 0 Å². The van der Waals surface area contributed by atoms with Crippen LogP contribution >= 0.6 is 15.9 Å². The van der Waals surface area contributed by atoms with Gasteiger partial charge in [-0.25, -0.2) is 0 Å². The number of carbonyl (C=O) groups excluding carboxylic acids is 2. The molecule has 1 amide bonds. The lowest BCUT2D eigenvalue weighted by atomic mass is 9.71. The van der Waals surface area contributed by atoms with Gasteiger partial charge in [-0.15, -0.1) is 0 Å². The molecule has 1 spiro atoms. The van der Waals surface area contributed by atoms with Crippen LogP contribution in [0.1, 0.15) is 36.5 Å². The van der Waals surface area contributed by atoms with Gasteiger partial charge in [0.25, 0.3) is 5.91 Å². The van der Waals surface area contributed by atoms with Crippen molar-refractivity contribution >= 4 is 33.3 Å². The molecule has 1 fully saturated rings. The SMILES string of the molecule is CC(C)=CC(=O)[C@@H]1[C@@H](c2ccc(C)cc2)CN(C)[C@@]12C(=O)N(C)c1ccc(Br)cc12. The Labute approximate surface area is 186 Å².